The molecule has 0 saturated carbocycles. The third-order valence-electron chi connectivity index (χ3n) is 3.92. The van der Waals surface area contributed by atoms with Crippen molar-refractivity contribution in [1.29, 1.82) is 0 Å². The van der Waals surface area contributed by atoms with Crippen LogP contribution in [0.15, 0.2) is 53.4 Å². The number of hydrogen-bond acceptors (Lipinski definition) is 4. The van der Waals surface area contributed by atoms with E-state index in [2.05, 4.69) is 5.32 Å². The van der Waals surface area contributed by atoms with Gasteiger partial charge in [-0.15, -0.1) is 0 Å². The number of thioether (sulfide) groups is 1. The van der Waals surface area contributed by atoms with Crippen LogP contribution in [0.4, 0.5) is 5.69 Å². The smallest absolute Gasteiger partial charge is 0.336 e. The maximum absolute atomic E-state index is 12.5. The Hall–Kier alpha value is -2.16. The van der Waals surface area contributed by atoms with Gasteiger partial charge < -0.3 is 10.4 Å². The van der Waals surface area contributed by atoms with Crippen LogP contribution in [0.3, 0.4) is 0 Å². The lowest BCUT2D eigenvalue weighted by Gasteiger charge is -2.24. The van der Waals surface area contributed by atoms with E-state index >= 15 is 0 Å². The highest BCUT2D eigenvalue weighted by Gasteiger charge is 2.19. The Bertz CT molecular complexity index is 833. The molecule has 3 rings (SSSR count). The number of carboxylic acid groups (broad SMARTS) is 1. The van der Waals surface area contributed by atoms with E-state index in [9.17, 15) is 18.9 Å². The summed E-state index contributed by atoms with van der Waals surface area (Å²) in [6.45, 7) is 1.59. The summed E-state index contributed by atoms with van der Waals surface area (Å²) in [5, 5.41) is 11.9. The number of hydrogen-bond donors (Lipinski definition) is 2. The van der Waals surface area contributed by atoms with Gasteiger partial charge in [0.15, 0.2) is 0 Å². The van der Waals surface area contributed by atoms with Crippen molar-refractivity contribution in [2.75, 3.05) is 29.9 Å². The lowest BCUT2D eigenvalue weighted by molar-refractivity contribution is 0.0692. The van der Waals surface area contributed by atoms with E-state index in [0.717, 1.165) is 24.6 Å². The third-order valence-corrected chi connectivity index (χ3v) is 6.37. The van der Waals surface area contributed by atoms with Crippen molar-refractivity contribution < 1.29 is 18.9 Å². The molecule has 0 aromatic heterocycles. The molecule has 0 spiro atoms. The van der Waals surface area contributed by atoms with Crippen LogP contribution in [0.2, 0.25) is 0 Å². The van der Waals surface area contributed by atoms with Gasteiger partial charge in [-0.25, -0.2) is 13.3 Å². The molecular weight excluding hydrogens is 372 g/mol. The molecule has 1 atom stereocenters. The molecule has 0 radical (unpaired) electrons. The standard InChI is InChI=1S/C18H18N2O4S2/c21-17(15-3-1-2-4-16(15)18(22)23)19-13-5-7-14(8-6-13)26(24)20-9-11-25-12-10-20/h1-8H,9-12H2,(H,19,21)(H,22,23). The van der Waals surface area contributed by atoms with Gasteiger partial charge in [0.2, 0.25) is 0 Å². The van der Waals surface area contributed by atoms with Crippen LogP contribution in [-0.4, -0.2) is 50.1 Å². The molecule has 2 aromatic carbocycles. The predicted molar refractivity (Wildman–Crippen MR) is 103 cm³/mol. The predicted octanol–water partition coefficient (Wildman–Crippen LogP) is 2.71. The van der Waals surface area contributed by atoms with Crippen molar-refractivity contribution in [2.24, 2.45) is 0 Å². The lowest BCUT2D eigenvalue weighted by atomic mass is 10.1. The highest BCUT2D eigenvalue weighted by atomic mass is 32.2. The number of anilines is 1. The van der Waals surface area contributed by atoms with Crippen LogP contribution in [0, 0.1) is 0 Å². The van der Waals surface area contributed by atoms with Crippen LogP contribution in [0.5, 0.6) is 0 Å². The molecule has 136 valence electrons. The highest BCUT2D eigenvalue weighted by Crippen LogP contribution is 2.19. The Labute approximate surface area is 158 Å². The number of carboxylic acids is 1. The summed E-state index contributed by atoms with van der Waals surface area (Å²) in [4.78, 5) is 24.3. The molecule has 1 heterocycles. The van der Waals surface area contributed by atoms with Crippen LogP contribution >= 0.6 is 11.8 Å². The summed E-state index contributed by atoms with van der Waals surface area (Å²) in [5.74, 6) is 0.303. The van der Waals surface area contributed by atoms with E-state index < -0.39 is 22.9 Å². The van der Waals surface area contributed by atoms with Crippen LogP contribution in [0.25, 0.3) is 0 Å². The van der Waals surface area contributed by atoms with Gasteiger partial charge in [0.1, 0.15) is 11.0 Å². The lowest BCUT2D eigenvalue weighted by Crippen LogP contribution is -2.34. The Morgan fingerprint density at radius 2 is 1.62 bits per heavy atom. The summed E-state index contributed by atoms with van der Waals surface area (Å²) in [6.07, 6.45) is 0. The Kier molecular flexibility index (Phi) is 6.08. The topological polar surface area (TPSA) is 86.7 Å². The first-order valence-electron chi connectivity index (χ1n) is 8.04. The maximum Gasteiger partial charge on any atom is 0.336 e. The van der Waals surface area contributed by atoms with Crippen LogP contribution < -0.4 is 5.32 Å². The molecule has 6 nitrogen and oxygen atoms in total. The molecule has 1 amide bonds. The number of nitrogens with zero attached hydrogens (tertiary/aromatic N) is 1. The van der Waals surface area contributed by atoms with Crippen molar-refractivity contribution in [3.05, 3.63) is 59.7 Å². The minimum absolute atomic E-state index is 0.0503. The Balaban J connectivity index is 1.70. The van der Waals surface area contributed by atoms with E-state index in [1.807, 2.05) is 16.1 Å². The van der Waals surface area contributed by atoms with Gasteiger partial charge in [-0.2, -0.15) is 11.8 Å². The average Bonchev–Trinajstić information content (AvgIpc) is 2.68. The second-order valence-electron chi connectivity index (χ2n) is 5.62. The van der Waals surface area contributed by atoms with E-state index in [1.165, 1.54) is 12.1 Å². The fourth-order valence-electron chi connectivity index (χ4n) is 2.58. The second kappa shape index (κ2) is 8.48. The molecule has 1 saturated heterocycles. The average molecular weight is 390 g/mol. The van der Waals surface area contributed by atoms with E-state index in [1.54, 1.807) is 36.4 Å². The first-order chi connectivity index (χ1) is 12.6. The van der Waals surface area contributed by atoms with Crippen molar-refractivity contribution >= 4 is 40.3 Å². The molecule has 2 N–H and O–H groups in total. The number of benzene rings is 2. The fraction of sp³-hybridized carbons (Fsp3) is 0.222. The normalized spacial score (nSPS) is 16.0. The molecule has 1 unspecified atom stereocenters. The number of nitrogens with one attached hydrogen (secondary N) is 1. The molecule has 1 fully saturated rings. The molecular formula is C18H18N2O4S2. The molecule has 26 heavy (non-hydrogen) atoms. The van der Waals surface area contributed by atoms with Gasteiger partial charge in [-0.1, -0.05) is 12.1 Å². The number of carbonyl (C=O) groups excluding carboxylic acids is 1. The van der Waals surface area contributed by atoms with Crippen molar-refractivity contribution in [3.63, 3.8) is 0 Å². The second-order valence-corrected chi connectivity index (χ2v) is 8.33. The highest BCUT2D eigenvalue weighted by molar-refractivity contribution is 7.99. The summed E-state index contributed by atoms with van der Waals surface area (Å²) in [6, 6.07) is 12.8. The summed E-state index contributed by atoms with van der Waals surface area (Å²) in [7, 11) is -1.21. The van der Waals surface area contributed by atoms with Crippen molar-refractivity contribution in [2.45, 2.75) is 4.90 Å². The summed E-state index contributed by atoms with van der Waals surface area (Å²) >= 11 is 1.86. The largest absolute Gasteiger partial charge is 0.478 e. The quantitative estimate of drug-likeness (QED) is 0.820. The molecule has 1 aliphatic rings. The van der Waals surface area contributed by atoms with Crippen molar-refractivity contribution in [1.82, 2.24) is 4.31 Å². The number of amides is 1. The molecule has 8 heteroatoms. The summed E-state index contributed by atoms with van der Waals surface area (Å²) in [5.41, 5.74) is 0.564. The number of rotatable bonds is 5. The minimum Gasteiger partial charge on any atom is -0.478 e. The Morgan fingerprint density at radius 1 is 1.00 bits per heavy atom. The number of aromatic carboxylic acids is 1. The fourth-order valence-corrected chi connectivity index (χ4v) is 4.90. The van der Waals surface area contributed by atoms with Gasteiger partial charge in [-0.05, 0) is 36.4 Å². The van der Waals surface area contributed by atoms with Gasteiger partial charge in [0, 0.05) is 30.3 Å². The third kappa shape index (κ3) is 4.32. The summed E-state index contributed by atoms with van der Waals surface area (Å²) < 4.78 is 14.5. The van der Waals surface area contributed by atoms with Gasteiger partial charge >= 0.3 is 5.97 Å². The van der Waals surface area contributed by atoms with Gasteiger partial charge in [-0.3, -0.25) is 4.79 Å². The maximum atomic E-state index is 12.5. The van der Waals surface area contributed by atoms with E-state index in [4.69, 9.17) is 0 Å². The molecule has 0 bridgehead atoms. The SMILES string of the molecule is O=C(O)c1ccccc1C(=O)Nc1ccc(S(=O)N2CCSCC2)cc1. The zero-order valence-electron chi connectivity index (χ0n) is 13.9. The first-order valence-corrected chi connectivity index (χ1v) is 10.3. The molecule has 0 aliphatic carbocycles. The van der Waals surface area contributed by atoms with E-state index in [-0.39, 0.29) is 11.1 Å². The zero-order chi connectivity index (χ0) is 18.5. The monoisotopic (exact) mass is 390 g/mol. The van der Waals surface area contributed by atoms with Crippen LogP contribution in [-0.2, 0) is 11.0 Å². The van der Waals surface area contributed by atoms with Gasteiger partial charge in [0.05, 0.1) is 16.0 Å². The van der Waals surface area contributed by atoms with E-state index in [0.29, 0.717) is 10.6 Å². The molecule has 1 aliphatic heterocycles. The number of carbonyl (C=O) groups is 2. The Morgan fingerprint density at radius 3 is 2.23 bits per heavy atom. The van der Waals surface area contributed by atoms with Crippen molar-refractivity contribution in [3.8, 4) is 0 Å². The first kappa shape index (κ1) is 18.6. The van der Waals surface area contributed by atoms with Gasteiger partial charge in [0.25, 0.3) is 5.91 Å². The molecule has 2 aromatic rings. The zero-order valence-corrected chi connectivity index (χ0v) is 15.5. The van der Waals surface area contributed by atoms with Crippen LogP contribution in [0.1, 0.15) is 20.7 Å². The minimum atomic E-state index is -1.21.